The van der Waals surface area contributed by atoms with E-state index in [2.05, 4.69) is 39.4 Å². The standard InChI is InChI=1S/C9H16ClN5/c1-3-7(2)14-9-13-6-12-8(15-9)11-5-4-10/h6-7H,3-5H2,1-2H3,(H2,11,12,13,14,15). The Hall–Kier alpha value is -1.10. The first kappa shape index (κ1) is 12.0. The maximum Gasteiger partial charge on any atom is 0.227 e. The lowest BCUT2D eigenvalue weighted by Crippen LogP contribution is -2.17. The Bertz CT molecular complexity index is 294. The Balaban J connectivity index is 2.57. The minimum atomic E-state index is 0.355. The second-order valence-electron chi connectivity index (χ2n) is 3.20. The van der Waals surface area contributed by atoms with Crippen LogP contribution in [0.15, 0.2) is 6.33 Å². The second-order valence-corrected chi connectivity index (χ2v) is 3.58. The van der Waals surface area contributed by atoms with Crippen molar-refractivity contribution in [1.29, 1.82) is 0 Å². The second kappa shape index (κ2) is 6.40. The van der Waals surface area contributed by atoms with Gasteiger partial charge in [-0.1, -0.05) is 6.92 Å². The molecule has 0 radical (unpaired) electrons. The molecule has 0 saturated carbocycles. The van der Waals surface area contributed by atoms with Gasteiger partial charge in [-0.15, -0.1) is 11.6 Å². The highest BCUT2D eigenvalue weighted by molar-refractivity contribution is 6.18. The van der Waals surface area contributed by atoms with Crippen molar-refractivity contribution in [3.05, 3.63) is 6.33 Å². The largest absolute Gasteiger partial charge is 0.353 e. The van der Waals surface area contributed by atoms with Gasteiger partial charge in [0.15, 0.2) is 0 Å². The molecule has 0 aromatic carbocycles. The van der Waals surface area contributed by atoms with Crippen molar-refractivity contribution in [2.45, 2.75) is 26.3 Å². The minimum Gasteiger partial charge on any atom is -0.353 e. The number of nitrogens with one attached hydrogen (secondary N) is 2. The van der Waals surface area contributed by atoms with Crippen LogP contribution in [0.2, 0.25) is 0 Å². The number of nitrogens with zero attached hydrogens (tertiary/aromatic N) is 3. The Morgan fingerprint density at radius 1 is 1.40 bits per heavy atom. The lowest BCUT2D eigenvalue weighted by Gasteiger charge is -2.11. The van der Waals surface area contributed by atoms with Gasteiger partial charge in [-0.2, -0.15) is 4.98 Å². The van der Waals surface area contributed by atoms with Crippen molar-refractivity contribution >= 4 is 23.5 Å². The van der Waals surface area contributed by atoms with Gasteiger partial charge < -0.3 is 10.6 Å². The van der Waals surface area contributed by atoms with Crippen LogP contribution in [0.1, 0.15) is 20.3 Å². The molecule has 0 fully saturated rings. The van der Waals surface area contributed by atoms with E-state index in [9.17, 15) is 0 Å². The van der Waals surface area contributed by atoms with E-state index in [4.69, 9.17) is 11.6 Å². The zero-order valence-electron chi connectivity index (χ0n) is 9.00. The predicted octanol–water partition coefficient (Wildman–Crippen LogP) is 1.73. The molecule has 0 spiro atoms. The third-order valence-corrected chi connectivity index (χ3v) is 2.13. The smallest absolute Gasteiger partial charge is 0.227 e. The van der Waals surface area contributed by atoms with Gasteiger partial charge in [0.2, 0.25) is 11.9 Å². The quantitative estimate of drug-likeness (QED) is 0.728. The normalized spacial score (nSPS) is 12.2. The van der Waals surface area contributed by atoms with Gasteiger partial charge in [0.25, 0.3) is 0 Å². The third-order valence-electron chi connectivity index (χ3n) is 1.94. The Morgan fingerprint density at radius 2 is 2.13 bits per heavy atom. The van der Waals surface area contributed by atoms with Crippen LogP contribution < -0.4 is 10.6 Å². The molecule has 1 rings (SSSR count). The van der Waals surface area contributed by atoms with E-state index in [0.717, 1.165) is 6.42 Å². The van der Waals surface area contributed by atoms with E-state index in [0.29, 0.717) is 30.4 Å². The van der Waals surface area contributed by atoms with Gasteiger partial charge in [0.05, 0.1) is 0 Å². The molecule has 2 N–H and O–H groups in total. The molecule has 0 aliphatic rings. The molecular formula is C9H16ClN5. The summed E-state index contributed by atoms with van der Waals surface area (Å²) in [7, 11) is 0. The minimum absolute atomic E-state index is 0.355. The highest BCUT2D eigenvalue weighted by Crippen LogP contribution is 2.04. The van der Waals surface area contributed by atoms with E-state index >= 15 is 0 Å². The lowest BCUT2D eigenvalue weighted by atomic mass is 10.3. The maximum atomic E-state index is 5.55. The van der Waals surface area contributed by atoms with Crippen molar-refractivity contribution in [2.75, 3.05) is 23.1 Å². The van der Waals surface area contributed by atoms with E-state index in [1.807, 2.05) is 0 Å². The molecule has 0 aliphatic carbocycles. The highest BCUT2D eigenvalue weighted by atomic mass is 35.5. The van der Waals surface area contributed by atoms with Crippen molar-refractivity contribution in [3.63, 3.8) is 0 Å². The van der Waals surface area contributed by atoms with E-state index in [1.165, 1.54) is 6.33 Å². The Kier molecular flexibility index (Phi) is 5.10. The molecule has 1 aromatic heterocycles. The van der Waals surface area contributed by atoms with Crippen LogP contribution in [0.3, 0.4) is 0 Å². The molecule has 1 unspecified atom stereocenters. The number of hydrogen-bond donors (Lipinski definition) is 2. The topological polar surface area (TPSA) is 62.7 Å². The van der Waals surface area contributed by atoms with E-state index in [1.54, 1.807) is 0 Å². The summed E-state index contributed by atoms with van der Waals surface area (Å²) in [6.07, 6.45) is 2.50. The van der Waals surface area contributed by atoms with Crippen molar-refractivity contribution in [2.24, 2.45) is 0 Å². The SMILES string of the molecule is CCC(C)Nc1ncnc(NCCCl)n1. The fraction of sp³-hybridized carbons (Fsp3) is 0.667. The van der Waals surface area contributed by atoms with Gasteiger partial charge in [0, 0.05) is 18.5 Å². The zero-order valence-corrected chi connectivity index (χ0v) is 9.75. The molecule has 84 valence electrons. The van der Waals surface area contributed by atoms with Crippen LogP contribution in [0, 0.1) is 0 Å². The van der Waals surface area contributed by atoms with E-state index < -0.39 is 0 Å². The first-order valence-corrected chi connectivity index (χ1v) is 5.55. The predicted molar refractivity (Wildman–Crippen MR) is 62.4 cm³/mol. The molecule has 0 bridgehead atoms. The average Bonchev–Trinajstić information content (AvgIpc) is 2.26. The Morgan fingerprint density at radius 3 is 2.80 bits per heavy atom. The van der Waals surface area contributed by atoms with Gasteiger partial charge in [-0.3, -0.25) is 0 Å². The summed E-state index contributed by atoms with van der Waals surface area (Å²) in [5.74, 6) is 1.67. The number of rotatable bonds is 6. The Labute approximate surface area is 94.7 Å². The first-order chi connectivity index (χ1) is 7.26. The number of alkyl halides is 1. The summed E-state index contributed by atoms with van der Waals surface area (Å²) in [6, 6.07) is 0.355. The van der Waals surface area contributed by atoms with Crippen molar-refractivity contribution in [3.8, 4) is 0 Å². The molecule has 1 heterocycles. The molecule has 0 aliphatic heterocycles. The lowest BCUT2D eigenvalue weighted by molar-refractivity contribution is 0.751. The van der Waals surface area contributed by atoms with Gasteiger partial charge >= 0.3 is 0 Å². The number of anilines is 2. The van der Waals surface area contributed by atoms with Crippen LogP contribution in [0.5, 0.6) is 0 Å². The maximum absolute atomic E-state index is 5.55. The molecule has 15 heavy (non-hydrogen) atoms. The monoisotopic (exact) mass is 229 g/mol. The summed E-state index contributed by atoms with van der Waals surface area (Å²) in [5.41, 5.74) is 0. The molecule has 5 nitrogen and oxygen atoms in total. The molecule has 6 heteroatoms. The molecule has 1 aromatic rings. The highest BCUT2D eigenvalue weighted by Gasteiger charge is 2.02. The summed E-state index contributed by atoms with van der Waals surface area (Å²) >= 11 is 5.55. The van der Waals surface area contributed by atoms with E-state index in [-0.39, 0.29) is 0 Å². The zero-order chi connectivity index (χ0) is 11.1. The summed E-state index contributed by atoms with van der Waals surface area (Å²) < 4.78 is 0. The third kappa shape index (κ3) is 4.29. The van der Waals surface area contributed by atoms with Crippen LogP contribution in [-0.4, -0.2) is 33.4 Å². The van der Waals surface area contributed by atoms with Crippen LogP contribution in [0.25, 0.3) is 0 Å². The van der Waals surface area contributed by atoms with Gasteiger partial charge in [0.1, 0.15) is 6.33 Å². The number of hydrogen-bond acceptors (Lipinski definition) is 5. The summed E-state index contributed by atoms with van der Waals surface area (Å²) in [4.78, 5) is 12.2. The first-order valence-electron chi connectivity index (χ1n) is 5.01. The van der Waals surface area contributed by atoms with Crippen molar-refractivity contribution < 1.29 is 0 Å². The van der Waals surface area contributed by atoms with Crippen LogP contribution >= 0.6 is 11.6 Å². The van der Waals surface area contributed by atoms with Crippen molar-refractivity contribution in [1.82, 2.24) is 15.0 Å². The molecule has 1 atom stereocenters. The fourth-order valence-corrected chi connectivity index (χ4v) is 1.03. The van der Waals surface area contributed by atoms with Gasteiger partial charge in [-0.05, 0) is 13.3 Å². The van der Waals surface area contributed by atoms with Gasteiger partial charge in [-0.25, -0.2) is 9.97 Å². The average molecular weight is 230 g/mol. The number of halogens is 1. The summed E-state index contributed by atoms with van der Waals surface area (Å²) in [6.45, 7) is 4.83. The summed E-state index contributed by atoms with van der Waals surface area (Å²) in [5, 5.41) is 6.16. The van der Waals surface area contributed by atoms with Crippen LogP contribution in [-0.2, 0) is 0 Å². The number of aromatic nitrogens is 3. The molecule has 0 amide bonds. The molecule has 0 saturated heterocycles. The van der Waals surface area contributed by atoms with Crippen LogP contribution in [0.4, 0.5) is 11.9 Å². The fourth-order valence-electron chi connectivity index (χ4n) is 0.933. The molecular weight excluding hydrogens is 214 g/mol.